The van der Waals surface area contributed by atoms with Crippen molar-refractivity contribution in [2.75, 3.05) is 11.9 Å². The monoisotopic (exact) mass is 350 g/mol. The molecule has 1 rings (SSSR count). The molecule has 0 radical (unpaired) electrons. The van der Waals surface area contributed by atoms with Gasteiger partial charge in [0.25, 0.3) is 0 Å². The molecule has 1 aromatic rings. The van der Waals surface area contributed by atoms with E-state index in [1.54, 1.807) is 12.1 Å². The lowest BCUT2D eigenvalue weighted by atomic mass is 9.81. The van der Waals surface area contributed by atoms with Crippen LogP contribution in [0.3, 0.4) is 0 Å². The fourth-order valence-electron chi connectivity index (χ4n) is 1.82. The van der Waals surface area contributed by atoms with Crippen LogP contribution < -0.4 is 11.1 Å². The number of anilines is 1. The molecular formula is C13H20BrClN2O2. The summed E-state index contributed by atoms with van der Waals surface area (Å²) in [4.78, 5) is 12.3. The first-order chi connectivity index (χ1) is 8.49. The molecule has 0 aliphatic heterocycles. The Kier molecular flexibility index (Phi) is 7.41. The Morgan fingerprint density at radius 2 is 2.00 bits per heavy atom. The Morgan fingerprint density at radius 1 is 1.42 bits per heavy atom. The molecule has 108 valence electrons. The summed E-state index contributed by atoms with van der Waals surface area (Å²) in [6.07, 6.45) is 1.33. The Labute approximate surface area is 128 Å². The first-order valence-electron chi connectivity index (χ1n) is 5.99. The van der Waals surface area contributed by atoms with E-state index < -0.39 is 5.41 Å². The lowest BCUT2D eigenvalue weighted by Gasteiger charge is -2.28. The first kappa shape index (κ1) is 18.2. The molecule has 4 nitrogen and oxygen atoms in total. The van der Waals surface area contributed by atoms with Crippen LogP contribution >= 0.6 is 28.3 Å². The van der Waals surface area contributed by atoms with Gasteiger partial charge in [0.2, 0.25) is 5.91 Å². The van der Waals surface area contributed by atoms with E-state index in [0.717, 1.165) is 4.47 Å². The maximum atomic E-state index is 12.3. The van der Waals surface area contributed by atoms with Crippen molar-refractivity contribution in [3.63, 3.8) is 0 Å². The molecule has 0 heterocycles. The van der Waals surface area contributed by atoms with E-state index in [0.29, 0.717) is 25.1 Å². The normalized spacial score (nSPS) is 10.7. The second kappa shape index (κ2) is 7.72. The highest BCUT2D eigenvalue weighted by Gasteiger charge is 2.33. The van der Waals surface area contributed by atoms with Gasteiger partial charge in [-0.15, -0.1) is 12.4 Å². The summed E-state index contributed by atoms with van der Waals surface area (Å²) in [5.41, 5.74) is 5.54. The van der Waals surface area contributed by atoms with Gasteiger partial charge in [-0.3, -0.25) is 4.79 Å². The van der Waals surface area contributed by atoms with Gasteiger partial charge in [0.15, 0.2) is 0 Å². The van der Waals surface area contributed by atoms with Crippen molar-refractivity contribution >= 4 is 39.9 Å². The predicted molar refractivity (Wildman–Crippen MR) is 83.8 cm³/mol. The maximum absolute atomic E-state index is 12.3. The zero-order valence-corrected chi connectivity index (χ0v) is 13.5. The topological polar surface area (TPSA) is 75.4 Å². The number of carbonyl (C=O) groups excluding carboxylic acids is 1. The zero-order chi connectivity index (χ0) is 13.8. The number of phenolic OH excluding ortho intramolecular Hbond substituents is 1. The van der Waals surface area contributed by atoms with Crippen LogP contribution in [0.2, 0.25) is 0 Å². The van der Waals surface area contributed by atoms with E-state index >= 15 is 0 Å². The van der Waals surface area contributed by atoms with Crippen LogP contribution in [0, 0.1) is 5.41 Å². The summed E-state index contributed by atoms with van der Waals surface area (Å²) in [5.74, 6) is -0.104. The van der Waals surface area contributed by atoms with Crippen molar-refractivity contribution < 1.29 is 9.90 Å². The molecule has 0 spiro atoms. The van der Waals surface area contributed by atoms with Gasteiger partial charge in [-0.05, 0) is 31.0 Å². The van der Waals surface area contributed by atoms with Crippen molar-refractivity contribution in [3.05, 3.63) is 22.7 Å². The highest BCUT2D eigenvalue weighted by Crippen LogP contribution is 2.31. The van der Waals surface area contributed by atoms with Gasteiger partial charge < -0.3 is 16.2 Å². The molecule has 0 fully saturated rings. The lowest BCUT2D eigenvalue weighted by Crippen LogP contribution is -2.41. The van der Waals surface area contributed by atoms with Crippen molar-refractivity contribution in [2.45, 2.75) is 26.7 Å². The smallest absolute Gasteiger partial charge is 0.231 e. The SMILES string of the molecule is CCC(CC)(CN)C(=O)Nc1cc(Br)ccc1O.Cl. The van der Waals surface area contributed by atoms with Crippen LogP contribution in [0.1, 0.15) is 26.7 Å². The van der Waals surface area contributed by atoms with Gasteiger partial charge >= 0.3 is 0 Å². The van der Waals surface area contributed by atoms with Crippen molar-refractivity contribution in [2.24, 2.45) is 11.1 Å². The minimum atomic E-state index is -0.575. The second-order valence-corrected chi connectivity index (χ2v) is 5.22. The van der Waals surface area contributed by atoms with Gasteiger partial charge in [-0.1, -0.05) is 29.8 Å². The number of amides is 1. The molecule has 0 aliphatic rings. The molecule has 6 heteroatoms. The van der Waals surface area contributed by atoms with E-state index in [-0.39, 0.29) is 24.1 Å². The summed E-state index contributed by atoms with van der Waals surface area (Å²) in [6, 6.07) is 4.91. The predicted octanol–water partition coefficient (Wildman–Crippen LogP) is 3.28. The number of rotatable bonds is 5. The number of phenols is 1. The van der Waals surface area contributed by atoms with E-state index in [9.17, 15) is 9.90 Å². The fraction of sp³-hybridized carbons (Fsp3) is 0.462. The number of benzene rings is 1. The molecule has 1 aromatic carbocycles. The largest absolute Gasteiger partial charge is 0.506 e. The Bertz CT molecular complexity index is 428. The van der Waals surface area contributed by atoms with Crippen molar-refractivity contribution in [1.29, 1.82) is 0 Å². The minimum absolute atomic E-state index is 0. The summed E-state index contributed by atoms with van der Waals surface area (Å²) < 4.78 is 0.793. The number of carbonyl (C=O) groups is 1. The summed E-state index contributed by atoms with van der Waals surface area (Å²) in [7, 11) is 0. The number of nitrogens with one attached hydrogen (secondary N) is 1. The van der Waals surface area contributed by atoms with Gasteiger partial charge in [-0.2, -0.15) is 0 Å². The number of nitrogens with two attached hydrogens (primary N) is 1. The van der Waals surface area contributed by atoms with Crippen LogP contribution in [-0.2, 0) is 4.79 Å². The van der Waals surface area contributed by atoms with Crippen LogP contribution in [0.4, 0.5) is 5.69 Å². The molecule has 0 saturated carbocycles. The van der Waals surface area contributed by atoms with Gasteiger partial charge in [-0.25, -0.2) is 0 Å². The molecule has 0 aromatic heterocycles. The quantitative estimate of drug-likeness (QED) is 0.713. The molecule has 0 bridgehead atoms. The van der Waals surface area contributed by atoms with Gasteiger partial charge in [0.05, 0.1) is 11.1 Å². The molecule has 0 aliphatic carbocycles. The molecule has 1 amide bonds. The highest BCUT2D eigenvalue weighted by molar-refractivity contribution is 9.10. The van der Waals surface area contributed by atoms with E-state index in [4.69, 9.17) is 5.73 Å². The van der Waals surface area contributed by atoms with Crippen molar-refractivity contribution in [3.8, 4) is 5.75 Å². The average Bonchev–Trinajstić information content (AvgIpc) is 2.37. The fourth-order valence-corrected chi connectivity index (χ4v) is 2.18. The van der Waals surface area contributed by atoms with Crippen LogP contribution in [0.15, 0.2) is 22.7 Å². The standard InChI is InChI=1S/C13H19BrN2O2.ClH/c1-3-13(4-2,8-15)12(18)16-10-7-9(14)5-6-11(10)17;/h5-7,17H,3-4,8,15H2,1-2H3,(H,16,18);1H. The summed E-state index contributed by atoms with van der Waals surface area (Å²) in [6.45, 7) is 4.17. The second-order valence-electron chi connectivity index (χ2n) is 4.31. The maximum Gasteiger partial charge on any atom is 0.231 e. The summed E-state index contributed by atoms with van der Waals surface area (Å²) >= 11 is 3.30. The third-order valence-electron chi connectivity index (χ3n) is 3.43. The first-order valence-corrected chi connectivity index (χ1v) is 6.78. The minimum Gasteiger partial charge on any atom is -0.506 e. The van der Waals surface area contributed by atoms with Gasteiger partial charge in [0, 0.05) is 11.0 Å². The number of hydrogen-bond donors (Lipinski definition) is 3. The van der Waals surface area contributed by atoms with E-state index in [1.165, 1.54) is 6.07 Å². The zero-order valence-electron chi connectivity index (χ0n) is 11.1. The Hall–Kier alpha value is -0.780. The molecule has 0 saturated heterocycles. The van der Waals surface area contributed by atoms with Crippen LogP contribution in [0.25, 0.3) is 0 Å². The lowest BCUT2D eigenvalue weighted by molar-refractivity contribution is -0.125. The third kappa shape index (κ3) is 4.09. The molecule has 19 heavy (non-hydrogen) atoms. The molecule has 0 atom stereocenters. The number of hydrogen-bond acceptors (Lipinski definition) is 3. The van der Waals surface area contributed by atoms with Crippen LogP contribution in [-0.4, -0.2) is 17.6 Å². The van der Waals surface area contributed by atoms with E-state index in [1.807, 2.05) is 13.8 Å². The third-order valence-corrected chi connectivity index (χ3v) is 3.93. The van der Waals surface area contributed by atoms with E-state index in [2.05, 4.69) is 21.2 Å². The number of halogens is 2. The van der Waals surface area contributed by atoms with Gasteiger partial charge in [0.1, 0.15) is 5.75 Å². The average molecular weight is 352 g/mol. The Morgan fingerprint density at radius 3 is 2.47 bits per heavy atom. The van der Waals surface area contributed by atoms with Crippen molar-refractivity contribution in [1.82, 2.24) is 0 Å². The molecule has 4 N–H and O–H groups in total. The summed E-state index contributed by atoms with van der Waals surface area (Å²) in [5, 5.41) is 12.4. The van der Waals surface area contributed by atoms with Crippen LogP contribution in [0.5, 0.6) is 5.75 Å². The molecule has 0 unspecified atom stereocenters. The molecular weight excluding hydrogens is 332 g/mol. The Balaban J connectivity index is 0.00000324. The number of aromatic hydroxyl groups is 1. The highest BCUT2D eigenvalue weighted by atomic mass is 79.9.